The van der Waals surface area contributed by atoms with Crippen LogP contribution in [-0.2, 0) is 0 Å². The van der Waals surface area contributed by atoms with Gasteiger partial charge in [-0.1, -0.05) is 0 Å². The molecule has 9 heteroatoms. The monoisotopic (exact) mass is 429 g/mol. The SMILES string of the molecule is COc1cc(-n2[nH]c3c(c2N)c(=O)[nH]c2cc(=O)ccc23)c(C)cc1Oc1cccnc1. The summed E-state index contributed by atoms with van der Waals surface area (Å²) in [6.07, 6.45) is 3.27. The fourth-order valence-corrected chi connectivity index (χ4v) is 3.78. The Morgan fingerprint density at radius 1 is 1.09 bits per heavy atom. The van der Waals surface area contributed by atoms with Crippen LogP contribution in [0.4, 0.5) is 5.82 Å². The molecule has 5 aromatic rings. The van der Waals surface area contributed by atoms with Crippen LogP contribution in [0.1, 0.15) is 5.56 Å². The topological polar surface area (TPSA) is 128 Å². The molecule has 0 aliphatic heterocycles. The number of aryl methyl sites for hydroxylation is 1. The van der Waals surface area contributed by atoms with E-state index in [-0.39, 0.29) is 16.8 Å². The first-order chi connectivity index (χ1) is 15.5. The van der Waals surface area contributed by atoms with Gasteiger partial charge in [-0.15, -0.1) is 0 Å². The van der Waals surface area contributed by atoms with Gasteiger partial charge in [0, 0.05) is 23.7 Å². The summed E-state index contributed by atoms with van der Waals surface area (Å²) in [6, 6.07) is 11.7. The van der Waals surface area contributed by atoms with Gasteiger partial charge in [-0.2, -0.15) is 0 Å². The molecule has 3 heterocycles. The average Bonchev–Trinajstić information content (AvgIpc) is 3.12. The Labute approximate surface area is 181 Å². The molecule has 32 heavy (non-hydrogen) atoms. The molecule has 5 rings (SSSR count). The second-order valence-electron chi connectivity index (χ2n) is 7.32. The summed E-state index contributed by atoms with van der Waals surface area (Å²) < 4.78 is 13.1. The fraction of sp³-hybridized carbons (Fsp3) is 0.0870. The van der Waals surface area contributed by atoms with Crippen molar-refractivity contribution in [2.75, 3.05) is 12.8 Å². The van der Waals surface area contributed by atoms with Gasteiger partial charge in [-0.05, 0) is 42.8 Å². The van der Waals surface area contributed by atoms with Crippen LogP contribution in [0.5, 0.6) is 17.2 Å². The number of hydrogen-bond acceptors (Lipinski definition) is 6. The summed E-state index contributed by atoms with van der Waals surface area (Å²) >= 11 is 0. The van der Waals surface area contributed by atoms with E-state index in [9.17, 15) is 9.59 Å². The van der Waals surface area contributed by atoms with Crippen molar-refractivity contribution in [1.29, 1.82) is 0 Å². The minimum atomic E-state index is -0.383. The van der Waals surface area contributed by atoms with E-state index in [2.05, 4.69) is 15.1 Å². The van der Waals surface area contributed by atoms with Gasteiger partial charge in [-0.3, -0.25) is 19.7 Å². The molecule has 0 spiro atoms. The van der Waals surface area contributed by atoms with Crippen molar-refractivity contribution in [1.82, 2.24) is 19.7 Å². The molecular weight excluding hydrogens is 410 g/mol. The largest absolute Gasteiger partial charge is 0.493 e. The summed E-state index contributed by atoms with van der Waals surface area (Å²) in [5.41, 5.74) is 8.30. The Morgan fingerprint density at radius 2 is 1.94 bits per heavy atom. The third-order valence-corrected chi connectivity index (χ3v) is 5.29. The second-order valence-corrected chi connectivity index (χ2v) is 7.32. The van der Waals surface area contributed by atoms with Gasteiger partial charge in [0.15, 0.2) is 16.9 Å². The predicted octanol–water partition coefficient (Wildman–Crippen LogP) is 3.25. The molecule has 3 aromatic heterocycles. The number of nitrogens with one attached hydrogen (secondary N) is 2. The molecule has 0 bridgehead atoms. The number of aromatic nitrogens is 4. The summed E-state index contributed by atoms with van der Waals surface area (Å²) in [6.45, 7) is 1.90. The molecule has 0 aliphatic carbocycles. The zero-order valence-electron chi connectivity index (χ0n) is 17.3. The van der Waals surface area contributed by atoms with Gasteiger partial charge in [0.25, 0.3) is 5.56 Å². The maximum atomic E-state index is 12.7. The molecule has 160 valence electrons. The minimum Gasteiger partial charge on any atom is -0.493 e. The molecule has 0 atom stereocenters. The normalized spacial score (nSPS) is 11.2. The summed E-state index contributed by atoms with van der Waals surface area (Å²) in [5, 5.41) is 4.20. The van der Waals surface area contributed by atoms with Crippen molar-refractivity contribution in [3.05, 3.63) is 81.0 Å². The van der Waals surface area contributed by atoms with Gasteiger partial charge < -0.3 is 20.2 Å². The Morgan fingerprint density at radius 3 is 2.69 bits per heavy atom. The van der Waals surface area contributed by atoms with Crippen molar-refractivity contribution in [3.8, 4) is 22.9 Å². The number of methoxy groups -OCH3 is 1. The lowest BCUT2D eigenvalue weighted by Gasteiger charge is -2.15. The molecule has 0 amide bonds. The number of aromatic amines is 2. The summed E-state index contributed by atoms with van der Waals surface area (Å²) in [4.78, 5) is 31.2. The first-order valence-corrected chi connectivity index (χ1v) is 9.79. The van der Waals surface area contributed by atoms with E-state index in [1.165, 1.54) is 12.1 Å². The van der Waals surface area contributed by atoms with Crippen LogP contribution in [0.3, 0.4) is 0 Å². The van der Waals surface area contributed by atoms with E-state index in [1.807, 2.05) is 13.0 Å². The van der Waals surface area contributed by atoms with E-state index >= 15 is 0 Å². The molecule has 0 aliphatic rings. The van der Waals surface area contributed by atoms with Crippen LogP contribution >= 0.6 is 0 Å². The number of fused-ring (bicyclic) bond motifs is 3. The third-order valence-electron chi connectivity index (χ3n) is 5.29. The molecule has 0 saturated carbocycles. The third kappa shape index (κ3) is 3.07. The van der Waals surface area contributed by atoms with Gasteiger partial charge in [0.2, 0.25) is 0 Å². The van der Waals surface area contributed by atoms with Crippen molar-refractivity contribution in [3.63, 3.8) is 0 Å². The number of pyridine rings is 2. The van der Waals surface area contributed by atoms with Gasteiger partial charge >= 0.3 is 0 Å². The number of nitrogens with two attached hydrogens (primary N) is 1. The van der Waals surface area contributed by atoms with Crippen molar-refractivity contribution < 1.29 is 9.47 Å². The van der Waals surface area contributed by atoms with Gasteiger partial charge in [-0.25, -0.2) is 4.68 Å². The Balaban J connectivity index is 1.71. The molecular formula is C23H19N5O4. The Hall–Kier alpha value is -4.53. The number of anilines is 1. The predicted molar refractivity (Wildman–Crippen MR) is 122 cm³/mol. The highest BCUT2D eigenvalue weighted by molar-refractivity contribution is 6.06. The number of ether oxygens (including phenoxy) is 2. The Kier molecular flexibility index (Phi) is 4.44. The highest BCUT2D eigenvalue weighted by atomic mass is 16.5. The van der Waals surface area contributed by atoms with Crippen LogP contribution in [-0.4, -0.2) is 26.9 Å². The number of hydrogen-bond donors (Lipinski definition) is 3. The molecule has 0 unspecified atom stereocenters. The molecule has 4 N–H and O–H groups in total. The number of H-pyrrole nitrogens is 2. The van der Waals surface area contributed by atoms with Gasteiger partial charge in [0.1, 0.15) is 17.0 Å². The number of nitrogens with zero attached hydrogens (tertiary/aromatic N) is 2. The zero-order valence-corrected chi connectivity index (χ0v) is 17.3. The number of rotatable bonds is 4. The van der Waals surface area contributed by atoms with Crippen LogP contribution in [0.2, 0.25) is 0 Å². The number of nitrogen functional groups attached to an aromatic ring is 1. The quantitative estimate of drug-likeness (QED) is 0.402. The van der Waals surface area contributed by atoms with Crippen molar-refractivity contribution in [2.24, 2.45) is 0 Å². The zero-order chi connectivity index (χ0) is 22.4. The standard InChI is InChI=1S/C23H19N5O4/c1-12-8-19(32-14-4-3-7-25-11-14)18(31-2)10-17(12)28-22(24)20-21(27-28)15-6-5-13(29)9-16(15)26-23(20)30/h3-11,27H,24H2,1-2H3,(H,26,30). The molecule has 0 saturated heterocycles. The highest BCUT2D eigenvalue weighted by Crippen LogP contribution is 2.36. The Bertz CT molecular complexity index is 1600. The van der Waals surface area contributed by atoms with Crippen LogP contribution in [0, 0.1) is 6.92 Å². The lowest BCUT2D eigenvalue weighted by molar-refractivity contribution is 0.378. The maximum absolute atomic E-state index is 12.7. The molecule has 9 nitrogen and oxygen atoms in total. The average molecular weight is 429 g/mol. The summed E-state index contributed by atoms with van der Waals surface area (Å²) in [5.74, 6) is 1.81. The smallest absolute Gasteiger partial charge is 0.261 e. The maximum Gasteiger partial charge on any atom is 0.261 e. The first-order valence-electron chi connectivity index (χ1n) is 9.79. The fourth-order valence-electron chi connectivity index (χ4n) is 3.78. The minimum absolute atomic E-state index is 0.190. The highest BCUT2D eigenvalue weighted by Gasteiger charge is 2.18. The van der Waals surface area contributed by atoms with Crippen LogP contribution < -0.4 is 26.2 Å². The van der Waals surface area contributed by atoms with E-state index in [0.29, 0.717) is 44.7 Å². The lowest BCUT2D eigenvalue weighted by atomic mass is 10.1. The van der Waals surface area contributed by atoms with Crippen LogP contribution in [0.15, 0.2) is 64.4 Å². The van der Waals surface area contributed by atoms with Crippen molar-refractivity contribution >= 4 is 27.6 Å². The molecule has 0 radical (unpaired) electrons. The van der Waals surface area contributed by atoms with E-state index in [1.54, 1.807) is 48.5 Å². The lowest BCUT2D eigenvalue weighted by Crippen LogP contribution is -2.10. The molecule has 0 fully saturated rings. The molecule has 2 aromatic carbocycles. The number of benzene rings is 2. The van der Waals surface area contributed by atoms with Crippen molar-refractivity contribution in [2.45, 2.75) is 6.92 Å². The van der Waals surface area contributed by atoms with E-state index in [4.69, 9.17) is 15.2 Å². The summed E-state index contributed by atoms with van der Waals surface area (Å²) in [7, 11) is 1.54. The van der Waals surface area contributed by atoms with Crippen LogP contribution in [0.25, 0.3) is 27.5 Å². The first kappa shape index (κ1) is 19.4. The second kappa shape index (κ2) is 7.31. The van der Waals surface area contributed by atoms with Gasteiger partial charge in [0.05, 0.1) is 30.0 Å². The van der Waals surface area contributed by atoms with E-state index in [0.717, 1.165) is 5.56 Å². The van der Waals surface area contributed by atoms with E-state index < -0.39 is 0 Å².